The maximum atomic E-state index is 11.0. The van der Waals surface area contributed by atoms with Gasteiger partial charge in [-0.15, -0.1) is 0 Å². The van der Waals surface area contributed by atoms with Crippen LogP contribution in [0.5, 0.6) is 5.75 Å². The van der Waals surface area contributed by atoms with Gasteiger partial charge in [-0.25, -0.2) is 0 Å². The van der Waals surface area contributed by atoms with E-state index in [1.807, 2.05) is 0 Å². The molecule has 14 heavy (non-hydrogen) atoms. The summed E-state index contributed by atoms with van der Waals surface area (Å²) >= 11 is 0. The van der Waals surface area contributed by atoms with E-state index in [9.17, 15) is 9.59 Å². The molecule has 4 nitrogen and oxygen atoms in total. The van der Waals surface area contributed by atoms with Crippen molar-refractivity contribution in [3.63, 3.8) is 0 Å². The van der Waals surface area contributed by atoms with Gasteiger partial charge in [0.05, 0.1) is 0 Å². The van der Waals surface area contributed by atoms with E-state index < -0.39 is 0 Å². The number of fused-ring (bicyclic) bond motifs is 1. The van der Waals surface area contributed by atoms with Gasteiger partial charge < -0.3 is 9.72 Å². The lowest BCUT2D eigenvalue weighted by molar-refractivity contribution is -0.120. The molecule has 2 rings (SSSR count). The minimum atomic E-state index is -0.151. The molecule has 0 aliphatic heterocycles. The highest BCUT2D eigenvalue weighted by Gasteiger charge is 1.97. The van der Waals surface area contributed by atoms with Crippen molar-refractivity contribution in [1.29, 1.82) is 0 Å². The van der Waals surface area contributed by atoms with Crippen LogP contribution in [0.2, 0.25) is 0 Å². The second-order valence-electron chi connectivity index (χ2n) is 2.79. The molecule has 1 N–H and O–H groups in total. The molecule has 1 heterocycles. The van der Waals surface area contributed by atoms with Crippen molar-refractivity contribution in [2.24, 2.45) is 0 Å². The Morgan fingerprint density at radius 3 is 2.86 bits per heavy atom. The second-order valence-corrected chi connectivity index (χ2v) is 2.79. The Hall–Kier alpha value is -2.10. The molecule has 0 radical (unpaired) electrons. The summed E-state index contributed by atoms with van der Waals surface area (Å²) in [4.78, 5) is 23.7. The Balaban J connectivity index is 2.61. The lowest BCUT2D eigenvalue weighted by Gasteiger charge is -1.99. The first kappa shape index (κ1) is 8.50. The van der Waals surface area contributed by atoms with Gasteiger partial charge in [-0.1, -0.05) is 0 Å². The van der Waals surface area contributed by atoms with Crippen LogP contribution in [0.4, 0.5) is 0 Å². The van der Waals surface area contributed by atoms with Crippen LogP contribution in [-0.2, 0) is 4.79 Å². The number of carbonyl (C=O) groups is 1. The van der Waals surface area contributed by atoms with Crippen molar-refractivity contribution >= 4 is 17.4 Å². The predicted octanol–water partition coefficient (Wildman–Crippen LogP) is 1.06. The summed E-state index contributed by atoms with van der Waals surface area (Å²) in [5.74, 6) is 0.458. The third kappa shape index (κ3) is 1.50. The fourth-order valence-electron chi connectivity index (χ4n) is 1.26. The van der Waals surface area contributed by atoms with Gasteiger partial charge in [-0.2, -0.15) is 0 Å². The summed E-state index contributed by atoms with van der Waals surface area (Å²) < 4.78 is 4.67. The third-order valence-electron chi connectivity index (χ3n) is 1.88. The maximum Gasteiger partial charge on any atom is 0.298 e. The zero-order valence-electron chi connectivity index (χ0n) is 7.19. The van der Waals surface area contributed by atoms with Crippen molar-refractivity contribution in [3.8, 4) is 5.75 Å². The fourth-order valence-corrected chi connectivity index (χ4v) is 1.26. The van der Waals surface area contributed by atoms with Crippen molar-refractivity contribution in [3.05, 3.63) is 40.7 Å². The summed E-state index contributed by atoms with van der Waals surface area (Å²) in [6, 6.07) is 8.08. The summed E-state index contributed by atoms with van der Waals surface area (Å²) in [6.45, 7) is 0.368. The second kappa shape index (κ2) is 3.33. The van der Waals surface area contributed by atoms with Gasteiger partial charge in [0.1, 0.15) is 5.75 Å². The van der Waals surface area contributed by atoms with Gasteiger partial charge >= 0.3 is 0 Å². The molecule has 70 valence electrons. The number of H-pyrrole nitrogens is 1. The predicted molar refractivity (Wildman–Crippen MR) is 51.3 cm³/mol. The van der Waals surface area contributed by atoms with Gasteiger partial charge in [0, 0.05) is 17.0 Å². The number of carbonyl (C=O) groups excluding carboxylic acids is 1. The van der Waals surface area contributed by atoms with Crippen LogP contribution in [0.15, 0.2) is 35.1 Å². The van der Waals surface area contributed by atoms with Gasteiger partial charge in [0.25, 0.3) is 6.47 Å². The van der Waals surface area contributed by atoms with Crippen molar-refractivity contribution in [2.45, 2.75) is 0 Å². The normalized spacial score (nSPS) is 10.0. The first-order valence-electron chi connectivity index (χ1n) is 4.03. The first-order valence-corrected chi connectivity index (χ1v) is 4.03. The van der Waals surface area contributed by atoms with E-state index in [1.165, 1.54) is 6.07 Å². The minimum Gasteiger partial charge on any atom is -0.429 e. The molecule has 0 fully saturated rings. The molecule has 0 unspecified atom stereocenters. The number of rotatable bonds is 2. The van der Waals surface area contributed by atoms with Gasteiger partial charge in [-0.3, -0.25) is 9.59 Å². The summed E-state index contributed by atoms with van der Waals surface area (Å²) in [5.41, 5.74) is 0.567. The van der Waals surface area contributed by atoms with Crippen LogP contribution in [0.25, 0.3) is 10.9 Å². The van der Waals surface area contributed by atoms with E-state index in [2.05, 4.69) is 9.72 Å². The quantitative estimate of drug-likeness (QED) is 0.718. The standard InChI is InChI=1S/C10H7NO3/c12-6-14-8-2-3-9-7(5-8)1-4-10(13)11-9/h1-6H,(H,11,13). The molecule has 1 aromatic carbocycles. The van der Waals surface area contributed by atoms with Crippen LogP contribution >= 0.6 is 0 Å². The molecule has 0 atom stereocenters. The van der Waals surface area contributed by atoms with Crippen LogP contribution in [0.1, 0.15) is 0 Å². The first-order chi connectivity index (χ1) is 6.79. The zero-order valence-corrected chi connectivity index (χ0v) is 7.19. The Morgan fingerprint density at radius 2 is 2.07 bits per heavy atom. The van der Waals surface area contributed by atoms with Gasteiger partial charge in [0.2, 0.25) is 5.56 Å². The molecule has 0 spiro atoms. The van der Waals surface area contributed by atoms with Gasteiger partial charge in [0.15, 0.2) is 0 Å². The molecule has 0 aliphatic rings. The number of nitrogens with one attached hydrogen (secondary N) is 1. The van der Waals surface area contributed by atoms with Crippen LogP contribution in [-0.4, -0.2) is 11.5 Å². The van der Waals surface area contributed by atoms with Gasteiger partial charge in [-0.05, 0) is 24.3 Å². The minimum absolute atomic E-state index is 0.151. The fraction of sp³-hybridized carbons (Fsp3) is 0. The number of pyridine rings is 1. The summed E-state index contributed by atoms with van der Waals surface area (Å²) in [6.07, 6.45) is 0. The molecule has 0 amide bonds. The molecule has 0 aliphatic carbocycles. The maximum absolute atomic E-state index is 11.0. The lowest BCUT2D eigenvalue weighted by Crippen LogP contribution is -2.02. The molecular formula is C10H7NO3. The van der Waals surface area contributed by atoms with Crippen molar-refractivity contribution < 1.29 is 9.53 Å². The Bertz CT molecular complexity index is 530. The highest BCUT2D eigenvalue weighted by Crippen LogP contribution is 2.17. The van der Waals surface area contributed by atoms with E-state index >= 15 is 0 Å². The van der Waals surface area contributed by atoms with Crippen LogP contribution < -0.4 is 10.3 Å². The number of hydrogen-bond donors (Lipinski definition) is 1. The molecular weight excluding hydrogens is 182 g/mol. The van der Waals surface area contributed by atoms with E-state index in [4.69, 9.17) is 0 Å². The van der Waals surface area contributed by atoms with E-state index in [0.29, 0.717) is 12.2 Å². The number of ether oxygens (including phenoxy) is 1. The largest absolute Gasteiger partial charge is 0.429 e. The molecule has 4 heteroatoms. The average molecular weight is 189 g/mol. The molecule has 1 aromatic heterocycles. The molecule has 0 saturated carbocycles. The van der Waals surface area contributed by atoms with Crippen molar-refractivity contribution in [1.82, 2.24) is 4.98 Å². The van der Waals surface area contributed by atoms with E-state index in [0.717, 1.165) is 10.9 Å². The number of hydrogen-bond acceptors (Lipinski definition) is 3. The molecule has 2 aromatic rings. The highest BCUT2D eigenvalue weighted by atomic mass is 16.5. The zero-order chi connectivity index (χ0) is 9.97. The average Bonchev–Trinajstić information content (AvgIpc) is 2.19. The lowest BCUT2D eigenvalue weighted by atomic mass is 10.2. The molecule has 0 saturated heterocycles. The van der Waals surface area contributed by atoms with E-state index in [1.54, 1.807) is 24.3 Å². The van der Waals surface area contributed by atoms with Crippen molar-refractivity contribution in [2.75, 3.05) is 0 Å². The van der Waals surface area contributed by atoms with Crippen LogP contribution in [0, 0.1) is 0 Å². The SMILES string of the molecule is O=COc1ccc2[nH]c(=O)ccc2c1. The Morgan fingerprint density at radius 1 is 1.21 bits per heavy atom. The number of benzene rings is 1. The highest BCUT2D eigenvalue weighted by molar-refractivity contribution is 5.80. The smallest absolute Gasteiger partial charge is 0.298 e. The van der Waals surface area contributed by atoms with E-state index in [-0.39, 0.29) is 5.56 Å². The topological polar surface area (TPSA) is 59.2 Å². The Labute approximate surface area is 79.1 Å². The monoisotopic (exact) mass is 189 g/mol. The Kier molecular flexibility index (Phi) is 2.02. The molecule has 0 bridgehead atoms. The summed E-state index contributed by atoms with van der Waals surface area (Å²) in [5, 5.41) is 0.823. The summed E-state index contributed by atoms with van der Waals surface area (Å²) in [7, 11) is 0. The van der Waals surface area contributed by atoms with Crippen LogP contribution in [0.3, 0.4) is 0 Å². The number of aromatic nitrogens is 1. The third-order valence-corrected chi connectivity index (χ3v) is 1.88. The number of aromatic amines is 1.